The molecule has 0 bridgehead atoms. The number of hydrogen-bond acceptors (Lipinski definition) is 4. The minimum atomic E-state index is -0.135. The van der Waals surface area contributed by atoms with Crippen LogP contribution in [0.5, 0.6) is 0 Å². The van der Waals surface area contributed by atoms with Gasteiger partial charge in [-0.25, -0.2) is 4.52 Å². The van der Waals surface area contributed by atoms with E-state index in [4.69, 9.17) is 9.84 Å². The van der Waals surface area contributed by atoms with Crippen LogP contribution in [-0.2, 0) is 30.6 Å². The highest BCUT2D eigenvalue weighted by molar-refractivity contribution is 9.10. The fourth-order valence-electron chi connectivity index (χ4n) is 4.73. The van der Waals surface area contributed by atoms with Gasteiger partial charge in [-0.1, -0.05) is 31.2 Å². The van der Waals surface area contributed by atoms with E-state index in [1.54, 1.807) is 19.5 Å². The summed E-state index contributed by atoms with van der Waals surface area (Å²) in [7, 11) is 1.62. The van der Waals surface area contributed by atoms with Gasteiger partial charge in [0.05, 0.1) is 17.7 Å². The van der Waals surface area contributed by atoms with Crippen molar-refractivity contribution in [3.63, 3.8) is 0 Å². The van der Waals surface area contributed by atoms with Gasteiger partial charge in [0, 0.05) is 46.8 Å². The van der Waals surface area contributed by atoms with Crippen LogP contribution in [0.25, 0.3) is 16.6 Å². The Balaban J connectivity index is 1.64. The molecule has 1 aromatic carbocycles. The maximum absolute atomic E-state index is 13.8. The van der Waals surface area contributed by atoms with Crippen LogP contribution in [0.4, 0.5) is 0 Å². The van der Waals surface area contributed by atoms with Gasteiger partial charge < -0.3 is 10.1 Å². The molecule has 6 nitrogen and oxygen atoms in total. The molecule has 0 saturated heterocycles. The number of rotatable bonds is 6. The zero-order valence-corrected chi connectivity index (χ0v) is 20.2. The number of aromatic nitrogens is 3. The molecule has 5 rings (SSSR count). The van der Waals surface area contributed by atoms with Crippen molar-refractivity contribution in [3.05, 3.63) is 87.4 Å². The number of pyridine rings is 1. The van der Waals surface area contributed by atoms with Gasteiger partial charge in [-0.05, 0) is 64.5 Å². The number of methoxy groups -OCH3 is 1. The van der Waals surface area contributed by atoms with Crippen LogP contribution in [0, 0.1) is 0 Å². The molecule has 1 amide bonds. The van der Waals surface area contributed by atoms with Crippen LogP contribution >= 0.6 is 15.9 Å². The molecule has 0 fully saturated rings. The third-order valence-corrected chi connectivity index (χ3v) is 6.63. The third kappa shape index (κ3) is 4.07. The van der Waals surface area contributed by atoms with Crippen LogP contribution in [0.1, 0.15) is 39.8 Å². The fraction of sp³-hybridized carbons (Fsp3) is 0.269. The highest BCUT2D eigenvalue weighted by Gasteiger charge is 2.28. The number of fused-ring (bicyclic) bond motifs is 2. The topological polar surface area (TPSA) is 68.5 Å². The lowest BCUT2D eigenvalue weighted by Gasteiger charge is -2.19. The zero-order valence-electron chi connectivity index (χ0n) is 18.6. The second-order valence-electron chi connectivity index (χ2n) is 8.34. The molecular weight excluding hydrogens is 480 g/mol. The first-order valence-corrected chi connectivity index (χ1v) is 11.9. The summed E-state index contributed by atoms with van der Waals surface area (Å²) in [4.78, 5) is 18.2. The van der Waals surface area contributed by atoms with Gasteiger partial charge in [0.1, 0.15) is 5.69 Å². The van der Waals surface area contributed by atoms with E-state index in [9.17, 15) is 4.79 Å². The Bertz CT molecular complexity index is 1320. The lowest BCUT2D eigenvalue weighted by atomic mass is 9.98. The van der Waals surface area contributed by atoms with Crippen molar-refractivity contribution in [2.24, 2.45) is 0 Å². The third-order valence-electron chi connectivity index (χ3n) is 6.20. The Morgan fingerprint density at radius 2 is 1.94 bits per heavy atom. The Kier molecular flexibility index (Phi) is 6.00. The van der Waals surface area contributed by atoms with Gasteiger partial charge in [0.25, 0.3) is 5.91 Å². The molecule has 0 aliphatic heterocycles. The lowest BCUT2D eigenvalue weighted by molar-refractivity contribution is 0.0933. The van der Waals surface area contributed by atoms with Gasteiger partial charge >= 0.3 is 0 Å². The number of hydrogen-bond donors (Lipinski definition) is 1. The summed E-state index contributed by atoms with van der Waals surface area (Å²) in [5.41, 5.74) is 7.37. The van der Waals surface area contributed by atoms with Gasteiger partial charge in [0.15, 0.2) is 0 Å². The van der Waals surface area contributed by atoms with Crippen molar-refractivity contribution in [1.29, 1.82) is 0 Å². The molecule has 0 atom stereocenters. The summed E-state index contributed by atoms with van der Waals surface area (Å²) in [5.74, 6) is -0.135. The number of halogens is 1. The molecule has 7 heteroatoms. The highest BCUT2D eigenvalue weighted by atomic mass is 79.9. The number of nitrogens with zero attached hydrogens (tertiary/aromatic N) is 3. The van der Waals surface area contributed by atoms with Gasteiger partial charge in [-0.3, -0.25) is 9.78 Å². The number of amides is 1. The van der Waals surface area contributed by atoms with E-state index < -0.39 is 0 Å². The minimum Gasteiger partial charge on any atom is -0.378 e. The Hall–Kier alpha value is -3.03. The second kappa shape index (κ2) is 9.08. The quantitative estimate of drug-likeness (QED) is 0.410. The molecule has 0 radical (unpaired) electrons. The van der Waals surface area contributed by atoms with Crippen LogP contribution in [0.15, 0.2) is 59.3 Å². The lowest BCUT2D eigenvalue weighted by Crippen LogP contribution is -2.36. The molecular formula is C26H25BrN4O2. The second-order valence-corrected chi connectivity index (χ2v) is 9.26. The predicted molar refractivity (Wildman–Crippen MR) is 131 cm³/mol. The standard InChI is InChI=1S/C26H25BrN4O2/c1-3-21-8-9-23-24(18-10-19(27)14-28-13-18)25(22(15-33-2)30-31(21)23)26(32)29-20-11-16-6-4-5-7-17(16)12-20/h4-10,13-14,20H,3,11-12,15H2,1-2H3,(H,29,32). The van der Waals surface area contributed by atoms with Crippen molar-refractivity contribution >= 4 is 27.4 Å². The maximum Gasteiger partial charge on any atom is 0.254 e. The first-order chi connectivity index (χ1) is 16.1. The molecule has 33 heavy (non-hydrogen) atoms. The van der Waals surface area contributed by atoms with E-state index in [1.807, 2.05) is 28.8 Å². The van der Waals surface area contributed by atoms with Crippen LogP contribution in [0.2, 0.25) is 0 Å². The van der Waals surface area contributed by atoms with Crippen LogP contribution < -0.4 is 5.32 Å². The number of ether oxygens (including phenoxy) is 1. The average molecular weight is 505 g/mol. The van der Waals surface area contributed by atoms with Crippen molar-refractivity contribution in [1.82, 2.24) is 19.9 Å². The van der Waals surface area contributed by atoms with E-state index in [0.29, 0.717) is 11.3 Å². The molecule has 0 unspecified atom stereocenters. The van der Waals surface area contributed by atoms with Crippen LogP contribution in [-0.4, -0.2) is 33.7 Å². The van der Waals surface area contributed by atoms with E-state index >= 15 is 0 Å². The highest BCUT2D eigenvalue weighted by Crippen LogP contribution is 2.33. The Morgan fingerprint density at radius 1 is 1.18 bits per heavy atom. The first-order valence-electron chi connectivity index (χ1n) is 11.1. The molecule has 1 aliphatic carbocycles. The van der Waals surface area contributed by atoms with Gasteiger partial charge in [0.2, 0.25) is 0 Å². The summed E-state index contributed by atoms with van der Waals surface area (Å²) >= 11 is 3.53. The molecule has 4 aromatic rings. The number of nitrogens with one attached hydrogen (secondary N) is 1. The van der Waals surface area contributed by atoms with Crippen molar-refractivity contribution in [2.75, 3.05) is 7.11 Å². The summed E-state index contributed by atoms with van der Waals surface area (Å²) in [6.07, 6.45) is 6.02. The van der Waals surface area contributed by atoms with Crippen molar-refractivity contribution in [2.45, 2.75) is 38.8 Å². The minimum absolute atomic E-state index is 0.0491. The Labute approximate surface area is 201 Å². The monoisotopic (exact) mass is 504 g/mol. The maximum atomic E-state index is 13.8. The molecule has 3 heterocycles. The molecule has 3 aromatic heterocycles. The zero-order chi connectivity index (χ0) is 22.9. The van der Waals surface area contributed by atoms with Crippen molar-refractivity contribution < 1.29 is 9.53 Å². The molecule has 1 N–H and O–H groups in total. The van der Waals surface area contributed by atoms with E-state index in [0.717, 1.165) is 46.1 Å². The van der Waals surface area contributed by atoms with Gasteiger partial charge in [-0.15, -0.1) is 0 Å². The molecule has 0 saturated carbocycles. The largest absolute Gasteiger partial charge is 0.378 e. The summed E-state index contributed by atoms with van der Waals surface area (Å²) in [5, 5.41) is 8.11. The Morgan fingerprint density at radius 3 is 2.61 bits per heavy atom. The number of benzene rings is 1. The molecule has 0 spiro atoms. The SMILES string of the molecule is CCc1ccc2c(-c3cncc(Br)c3)c(C(=O)NC3Cc4ccccc4C3)c(COC)nn12. The summed E-state index contributed by atoms with van der Waals surface area (Å²) in [6, 6.07) is 14.5. The van der Waals surface area contributed by atoms with Gasteiger partial charge in [-0.2, -0.15) is 5.10 Å². The number of carbonyl (C=O) groups excluding carboxylic acids is 1. The summed E-state index contributed by atoms with van der Waals surface area (Å²) in [6.45, 7) is 2.33. The fourth-order valence-corrected chi connectivity index (χ4v) is 5.10. The van der Waals surface area contributed by atoms with E-state index in [1.165, 1.54) is 11.1 Å². The predicted octanol–water partition coefficient (Wildman–Crippen LogP) is 4.76. The summed E-state index contributed by atoms with van der Waals surface area (Å²) < 4.78 is 8.25. The smallest absolute Gasteiger partial charge is 0.254 e. The van der Waals surface area contributed by atoms with E-state index in [2.05, 4.69) is 51.4 Å². The number of carbonyl (C=O) groups is 1. The van der Waals surface area contributed by atoms with E-state index in [-0.39, 0.29) is 18.6 Å². The molecule has 1 aliphatic rings. The normalized spacial score (nSPS) is 13.4. The average Bonchev–Trinajstić information content (AvgIpc) is 3.41. The first kappa shape index (κ1) is 21.8. The molecule has 168 valence electrons. The van der Waals surface area contributed by atoms with Crippen LogP contribution in [0.3, 0.4) is 0 Å². The van der Waals surface area contributed by atoms with Crippen molar-refractivity contribution in [3.8, 4) is 11.1 Å². The number of aryl methyl sites for hydroxylation is 1.